The lowest BCUT2D eigenvalue weighted by atomic mass is 10.2. The quantitative estimate of drug-likeness (QED) is 0.740. The zero-order chi connectivity index (χ0) is 10.8. The van der Waals surface area contributed by atoms with E-state index in [0.717, 1.165) is 32.8 Å². The molecule has 3 rings (SSSR count). The molecule has 86 valence electrons. The Morgan fingerprint density at radius 3 is 2.62 bits per heavy atom. The van der Waals surface area contributed by atoms with Gasteiger partial charge in [-0.15, -0.1) is 0 Å². The minimum Gasteiger partial charge on any atom is -0.368 e. The van der Waals surface area contributed by atoms with Crippen LogP contribution in [-0.2, 0) is 4.74 Å². The Balaban J connectivity index is 1.58. The van der Waals surface area contributed by atoms with Crippen LogP contribution in [-0.4, -0.2) is 48.9 Å². The van der Waals surface area contributed by atoms with E-state index in [1.165, 1.54) is 12.1 Å². The Morgan fingerprint density at radius 1 is 1.25 bits per heavy atom. The van der Waals surface area contributed by atoms with Crippen molar-refractivity contribution in [2.75, 3.05) is 37.7 Å². The Labute approximate surface area is 95.8 Å². The predicted octanol–water partition coefficient (Wildman–Crippen LogP) is 0.950. The smallest absolute Gasteiger partial charge is 0.112 e. The number of aromatic nitrogens is 1. The number of rotatable bonds is 2. The average Bonchev–Trinajstić information content (AvgIpc) is 2.29. The van der Waals surface area contributed by atoms with E-state index in [1.54, 1.807) is 0 Å². The molecule has 0 bridgehead atoms. The van der Waals surface area contributed by atoms with Gasteiger partial charge in [0.1, 0.15) is 6.23 Å². The second-order valence-corrected chi connectivity index (χ2v) is 4.35. The fourth-order valence-corrected chi connectivity index (χ4v) is 2.32. The SMILES string of the molecule is c1cncc(N2CCN(C3CCO3)CC2)c1. The monoisotopic (exact) mass is 219 g/mol. The third-order valence-electron chi connectivity index (χ3n) is 3.41. The molecule has 1 aromatic heterocycles. The number of ether oxygens (including phenoxy) is 1. The van der Waals surface area contributed by atoms with Crippen LogP contribution in [0.5, 0.6) is 0 Å². The van der Waals surface area contributed by atoms with Crippen LogP contribution in [0.1, 0.15) is 6.42 Å². The zero-order valence-electron chi connectivity index (χ0n) is 9.38. The summed E-state index contributed by atoms with van der Waals surface area (Å²) in [6, 6.07) is 4.12. The van der Waals surface area contributed by atoms with Crippen molar-refractivity contribution in [3.8, 4) is 0 Å². The van der Waals surface area contributed by atoms with Gasteiger partial charge in [0, 0.05) is 38.8 Å². The summed E-state index contributed by atoms with van der Waals surface area (Å²) in [4.78, 5) is 8.99. The maximum atomic E-state index is 5.51. The highest BCUT2D eigenvalue weighted by atomic mass is 16.5. The number of pyridine rings is 1. The second-order valence-electron chi connectivity index (χ2n) is 4.35. The Hall–Kier alpha value is -1.13. The lowest BCUT2D eigenvalue weighted by molar-refractivity contribution is -0.145. The van der Waals surface area contributed by atoms with Gasteiger partial charge in [-0.2, -0.15) is 0 Å². The van der Waals surface area contributed by atoms with Crippen LogP contribution in [0.15, 0.2) is 24.5 Å². The summed E-state index contributed by atoms with van der Waals surface area (Å²) in [5.41, 5.74) is 1.23. The number of piperazine rings is 1. The minimum atomic E-state index is 0.399. The maximum absolute atomic E-state index is 5.51. The van der Waals surface area contributed by atoms with Crippen LogP contribution in [0.2, 0.25) is 0 Å². The first kappa shape index (κ1) is 10.1. The van der Waals surface area contributed by atoms with Crippen molar-refractivity contribution in [2.24, 2.45) is 0 Å². The fraction of sp³-hybridized carbons (Fsp3) is 0.583. The van der Waals surface area contributed by atoms with Crippen LogP contribution in [0, 0.1) is 0 Å². The first-order valence-corrected chi connectivity index (χ1v) is 5.94. The van der Waals surface area contributed by atoms with Crippen molar-refractivity contribution in [3.63, 3.8) is 0 Å². The molecule has 0 saturated carbocycles. The molecule has 0 amide bonds. The minimum absolute atomic E-state index is 0.399. The van der Waals surface area contributed by atoms with Gasteiger partial charge in [0.2, 0.25) is 0 Å². The van der Waals surface area contributed by atoms with Crippen LogP contribution in [0.4, 0.5) is 5.69 Å². The highest BCUT2D eigenvalue weighted by Crippen LogP contribution is 2.20. The van der Waals surface area contributed by atoms with E-state index in [2.05, 4.69) is 20.9 Å². The summed E-state index contributed by atoms with van der Waals surface area (Å²) in [6.45, 7) is 5.28. The zero-order valence-corrected chi connectivity index (χ0v) is 9.38. The topological polar surface area (TPSA) is 28.6 Å². The highest BCUT2D eigenvalue weighted by molar-refractivity contribution is 5.44. The highest BCUT2D eigenvalue weighted by Gasteiger charge is 2.28. The average molecular weight is 219 g/mol. The van der Waals surface area contributed by atoms with Gasteiger partial charge in [-0.25, -0.2) is 0 Å². The molecule has 2 aliphatic heterocycles. The third-order valence-corrected chi connectivity index (χ3v) is 3.41. The van der Waals surface area contributed by atoms with Crippen molar-refractivity contribution in [3.05, 3.63) is 24.5 Å². The van der Waals surface area contributed by atoms with Gasteiger partial charge in [0.15, 0.2) is 0 Å². The van der Waals surface area contributed by atoms with Crippen LogP contribution in [0.25, 0.3) is 0 Å². The Morgan fingerprint density at radius 2 is 2.06 bits per heavy atom. The number of nitrogens with zero attached hydrogens (tertiary/aromatic N) is 3. The lowest BCUT2D eigenvalue weighted by Crippen LogP contribution is -2.54. The summed E-state index contributed by atoms with van der Waals surface area (Å²) < 4.78 is 5.51. The summed E-state index contributed by atoms with van der Waals surface area (Å²) in [6.07, 6.45) is 5.36. The molecule has 0 spiro atoms. The molecule has 2 saturated heterocycles. The van der Waals surface area contributed by atoms with Gasteiger partial charge in [0.05, 0.1) is 18.5 Å². The summed E-state index contributed by atoms with van der Waals surface area (Å²) in [5.74, 6) is 0. The van der Waals surface area contributed by atoms with E-state index in [-0.39, 0.29) is 0 Å². The number of anilines is 1. The molecular weight excluding hydrogens is 202 g/mol. The number of hydrogen-bond acceptors (Lipinski definition) is 4. The van der Waals surface area contributed by atoms with Crippen LogP contribution in [0.3, 0.4) is 0 Å². The first-order chi connectivity index (χ1) is 7.93. The predicted molar refractivity (Wildman–Crippen MR) is 62.4 cm³/mol. The van der Waals surface area contributed by atoms with Crippen molar-refractivity contribution >= 4 is 5.69 Å². The van der Waals surface area contributed by atoms with Crippen molar-refractivity contribution < 1.29 is 4.74 Å². The standard InChI is InChI=1S/C12H17N3O/c1-2-11(10-13-4-1)14-5-7-15(8-6-14)12-3-9-16-12/h1-2,4,10,12H,3,5-9H2. The molecule has 16 heavy (non-hydrogen) atoms. The molecule has 0 N–H and O–H groups in total. The largest absolute Gasteiger partial charge is 0.368 e. The first-order valence-electron chi connectivity index (χ1n) is 5.94. The van der Waals surface area contributed by atoms with E-state index in [9.17, 15) is 0 Å². The summed E-state index contributed by atoms with van der Waals surface area (Å²) in [5, 5.41) is 0. The van der Waals surface area contributed by atoms with Gasteiger partial charge >= 0.3 is 0 Å². The van der Waals surface area contributed by atoms with Crippen molar-refractivity contribution in [1.82, 2.24) is 9.88 Å². The van der Waals surface area contributed by atoms with Gasteiger partial charge in [-0.1, -0.05) is 0 Å². The van der Waals surface area contributed by atoms with Gasteiger partial charge in [-0.05, 0) is 12.1 Å². The second kappa shape index (κ2) is 4.39. The van der Waals surface area contributed by atoms with Crippen LogP contribution < -0.4 is 4.90 Å². The molecule has 1 aromatic rings. The van der Waals surface area contributed by atoms with E-state index in [0.29, 0.717) is 6.23 Å². The van der Waals surface area contributed by atoms with Crippen LogP contribution >= 0.6 is 0 Å². The molecule has 0 aliphatic carbocycles. The third kappa shape index (κ3) is 1.90. The molecule has 0 radical (unpaired) electrons. The number of hydrogen-bond donors (Lipinski definition) is 0. The van der Waals surface area contributed by atoms with E-state index in [1.807, 2.05) is 18.5 Å². The molecular formula is C12H17N3O. The van der Waals surface area contributed by atoms with Gasteiger partial charge < -0.3 is 9.64 Å². The van der Waals surface area contributed by atoms with Gasteiger partial charge in [0.25, 0.3) is 0 Å². The van der Waals surface area contributed by atoms with Crippen molar-refractivity contribution in [2.45, 2.75) is 12.6 Å². The van der Waals surface area contributed by atoms with E-state index < -0.39 is 0 Å². The lowest BCUT2D eigenvalue weighted by Gasteiger charge is -2.43. The maximum Gasteiger partial charge on any atom is 0.112 e. The molecule has 2 aliphatic rings. The van der Waals surface area contributed by atoms with Gasteiger partial charge in [-0.3, -0.25) is 9.88 Å². The van der Waals surface area contributed by atoms with E-state index >= 15 is 0 Å². The molecule has 4 heteroatoms. The molecule has 4 nitrogen and oxygen atoms in total. The normalized spacial score (nSPS) is 26.5. The molecule has 2 fully saturated rings. The van der Waals surface area contributed by atoms with E-state index in [4.69, 9.17) is 4.74 Å². The van der Waals surface area contributed by atoms with Crippen molar-refractivity contribution in [1.29, 1.82) is 0 Å². The molecule has 3 heterocycles. The molecule has 1 atom stereocenters. The summed E-state index contributed by atoms with van der Waals surface area (Å²) in [7, 11) is 0. The fourth-order valence-electron chi connectivity index (χ4n) is 2.32. The Bertz CT molecular complexity index is 331. The summed E-state index contributed by atoms with van der Waals surface area (Å²) >= 11 is 0. The molecule has 0 aromatic carbocycles. The Kier molecular flexibility index (Phi) is 2.76. The molecule has 1 unspecified atom stereocenters.